The fourth-order valence-corrected chi connectivity index (χ4v) is 3.69. The number of nitrogens with zero attached hydrogens (tertiary/aromatic N) is 3. The van der Waals surface area contributed by atoms with E-state index in [4.69, 9.17) is 14.6 Å². The lowest BCUT2D eigenvalue weighted by Gasteiger charge is -2.12. The maximum absolute atomic E-state index is 12.7. The summed E-state index contributed by atoms with van der Waals surface area (Å²) in [5, 5.41) is 12.7. The Morgan fingerprint density at radius 1 is 1.20 bits per heavy atom. The molecule has 0 saturated heterocycles. The van der Waals surface area contributed by atoms with E-state index in [1.165, 1.54) is 24.5 Å². The number of aliphatic carboxylic acids is 1. The molecule has 0 aliphatic heterocycles. The number of carbonyl (C=O) groups is 1. The summed E-state index contributed by atoms with van der Waals surface area (Å²) >= 11 is 0. The van der Waals surface area contributed by atoms with Gasteiger partial charge in [0.1, 0.15) is 30.8 Å². The molecule has 1 aromatic heterocycles. The van der Waals surface area contributed by atoms with Crippen molar-refractivity contribution >= 4 is 21.7 Å². The van der Waals surface area contributed by atoms with E-state index in [9.17, 15) is 13.2 Å². The number of ether oxygens (including phenoxy) is 2. The van der Waals surface area contributed by atoms with E-state index >= 15 is 0 Å². The van der Waals surface area contributed by atoms with E-state index in [2.05, 4.69) is 14.8 Å². The SMILES string of the molecule is Cc1cc(S(=O)(=O)Nc2cccc(OCCn3cncn3)c2)ccc1OCC(=O)O. The minimum absolute atomic E-state index is 0.0279. The summed E-state index contributed by atoms with van der Waals surface area (Å²) < 4.78 is 40.3. The molecule has 0 radical (unpaired) electrons. The summed E-state index contributed by atoms with van der Waals surface area (Å²) in [6.45, 7) is 1.98. The molecule has 0 unspecified atom stereocenters. The number of rotatable bonds is 10. The van der Waals surface area contributed by atoms with E-state index in [1.807, 2.05) is 0 Å². The number of hydrogen-bond donors (Lipinski definition) is 2. The number of aromatic nitrogens is 3. The molecule has 1 heterocycles. The Morgan fingerprint density at radius 2 is 2.03 bits per heavy atom. The van der Waals surface area contributed by atoms with Crippen molar-refractivity contribution in [3.05, 3.63) is 60.7 Å². The highest BCUT2D eigenvalue weighted by Gasteiger charge is 2.16. The third kappa shape index (κ3) is 5.70. The van der Waals surface area contributed by atoms with Crippen LogP contribution in [0.2, 0.25) is 0 Å². The molecule has 10 nitrogen and oxygen atoms in total. The third-order valence-electron chi connectivity index (χ3n) is 3.95. The Labute approximate surface area is 173 Å². The first kappa shape index (κ1) is 21.1. The molecule has 0 spiro atoms. The zero-order valence-corrected chi connectivity index (χ0v) is 16.9. The Hall–Kier alpha value is -3.60. The predicted molar refractivity (Wildman–Crippen MR) is 107 cm³/mol. The lowest BCUT2D eigenvalue weighted by atomic mass is 10.2. The van der Waals surface area contributed by atoms with Crippen LogP contribution in [0.25, 0.3) is 0 Å². The van der Waals surface area contributed by atoms with E-state index < -0.39 is 22.6 Å². The van der Waals surface area contributed by atoms with Gasteiger partial charge in [-0.3, -0.25) is 4.72 Å². The molecule has 0 bridgehead atoms. The van der Waals surface area contributed by atoms with Gasteiger partial charge < -0.3 is 14.6 Å². The number of carboxylic acids is 1. The second kappa shape index (κ2) is 9.27. The van der Waals surface area contributed by atoms with Gasteiger partial charge >= 0.3 is 5.97 Å². The van der Waals surface area contributed by atoms with Crippen molar-refractivity contribution in [2.24, 2.45) is 0 Å². The van der Waals surface area contributed by atoms with Crippen molar-refractivity contribution in [1.82, 2.24) is 14.8 Å². The van der Waals surface area contributed by atoms with Crippen LogP contribution in [0.15, 0.2) is 60.0 Å². The Morgan fingerprint density at radius 3 is 2.73 bits per heavy atom. The summed E-state index contributed by atoms with van der Waals surface area (Å²) in [5.74, 6) is -0.306. The molecule has 2 aromatic carbocycles. The second-order valence-electron chi connectivity index (χ2n) is 6.25. The summed E-state index contributed by atoms with van der Waals surface area (Å²) in [4.78, 5) is 14.5. The molecule has 11 heteroatoms. The second-order valence-corrected chi connectivity index (χ2v) is 7.93. The molecule has 3 rings (SSSR count). The Bertz CT molecular complexity index is 1120. The van der Waals surface area contributed by atoms with Crippen molar-refractivity contribution in [3.8, 4) is 11.5 Å². The smallest absolute Gasteiger partial charge is 0.341 e. The highest BCUT2D eigenvalue weighted by Crippen LogP contribution is 2.25. The van der Waals surface area contributed by atoms with Crippen LogP contribution in [0, 0.1) is 6.92 Å². The number of carboxylic acid groups (broad SMARTS) is 1. The van der Waals surface area contributed by atoms with Gasteiger partial charge in [-0.2, -0.15) is 5.10 Å². The average molecular weight is 432 g/mol. The minimum Gasteiger partial charge on any atom is -0.492 e. The number of aryl methyl sites for hydroxylation is 1. The average Bonchev–Trinajstić information content (AvgIpc) is 3.20. The molecule has 0 aliphatic rings. The lowest BCUT2D eigenvalue weighted by Crippen LogP contribution is -2.14. The monoisotopic (exact) mass is 432 g/mol. The quantitative estimate of drug-likeness (QED) is 0.497. The van der Waals surface area contributed by atoms with Crippen LogP contribution < -0.4 is 14.2 Å². The largest absolute Gasteiger partial charge is 0.492 e. The molecule has 2 N–H and O–H groups in total. The van der Waals surface area contributed by atoms with Crippen molar-refractivity contribution in [2.45, 2.75) is 18.4 Å². The molecular formula is C19H20N4O6S. The third-order valence-corrected chi connectivity index (χ3v) is 5.33. The Kier molecular flexibility index (Phi) is 6.52. The first-order valence-electron chi connectivity index (χ1n) is 8.87. The Balaban J connectivity index is 1.66. The summed E-state index contributed by atoms with van der Waals surface area (Å²) in [5.41, 5.74) is 0.849. The number of hydrogen-bond acceptors (Lipinski definition) is 7. The van der Waals surface area contributed by atoms with Gasteiger partial charge in [-0.05, 0) is 42.8 Å². The topological polar surface area (TPSA) is 133 Å². The summed E-state index contributed by atoms with van der Waals surface area (Å²) in [6, 6.07) is 10.8. The predicted octanol–water partition coefficient (Wildman–Crippen LogP) is 1.93. The van der Waals surface area contributed by atoms with Crippen LogP contribution in [0.5, 0.6) is 11.5 Å². The standard InChI is InChI=1S/C19H20N4O6S/c1-14-9-17(5-6-18(14)29-11-19(24)25)30(26,27)22-15-3-2-4-16(10-15)28-8-7-23-13-20-12-21-23/h2-6,9-10,12-13,22H,7-8,11H2,1H3,(H,24,25). The molecule has 0 aliphatic carbocycles. The molecule has 0 fully saturated rings. The maximum atomic E-state index is 12.7. The lowest BCUT2D eigenvalue weighted by molar-refractivity contribution is -0.139. The van der Waals surface area contributed by atoms with Gasteiger partial charge in [0.2, 0.25) is 0 Å². The highest BCUT2D eigenvalue weighted by atomic mass is 32.2. The first-order chi connectivity index (χ1) is 14.3. The van der Waals surface area contributed by atoms with Crippen LogP contribution in [0.4, 0.5) is 5.69 Å². The molecule has 30 heavy (non-hydrogen) atoms. The van der Waals surface area contributed by atoms with Gasteiger partial charge in [-0.15, -0.1) is 0 Å². The fourth-order valence-electron chi connectivity index (χ4n) is 2.56. The molecule has 0 saturated carbocycles. The minimum atomic E-state index is -3.86. The molecule has 0 atom stereocenters. The van der Waals surface area contributed by atoms with Crippen LogP contribution >= 0.6 is 0 Å². The first-order valence-corrected chi connectivity index (χ1v) is 10.4. The van der Waals surface area contributed by atoms with Gasteiger partial charge in [0.25, 0.3) is 10.0 Å². The van der Waals surface area contributed by atoms with Gasteiger partial charge in [0.15, 0.2) is 6.61 Å². The fraction of sp³-hybridized carbons (Fsp3) is 0.211. The van der Waals surface area contributed by atoms with Crippen LogP contribution in [-0.4, -0.2) is 47.5 Å². The zero-order chi connectivity index (χ0) is 21.6. The molecule has 0 amide bonds. The zero-order valence-electron chi connectivity index (χ0n) is 16.1. The van der Waals surface area contributed by atoms with E-state index in [1.54, 1.807) is 42.2 Å². The molecular weight excluding hydrogens is 412 g/mol. The number of anilines is 1. The van der Waals surface area contributed by atoms with Crippen molar-refractivity contribution in [1.29, 1.82) is 0 Å². The molecule has 158 valence electrons. The summed E-state index contributed by atoms with van der Waals surface area (Å²) in [7, 11) is -3.86. The van der Waals surface area contributed by atoms with E-state index in [0.29, 0.717) is 35.9 Å². The number of benzene rings is 2. The van der Waals surface area contributed by atoms with Gasteiger partial charge in [0.05, 0.1) is 17.1 Å². The number of sulfonamides is 1. The highest BCUT2D eigenvalue weighted by molar-refractivity contribution is 7.92. The summed E-state index contributed by atoms with van der Waals surface area (Å²) in [6.07, 6.45) is 3.01. The van der Waals surface area contributed by atoms with Crippen molar-refractivity contribution in [2.75, 3.05) is 17.9 Å². The van der Waals surface area contributed by atoms with Crippen molar-refractivity contribution in [3.63, 3.8) is 0 Å². The molecule has 3 aromatic rings. The van der Waals surface area contributed by atoms with Crippen LogP contribution in [0.1, 0.15) is 5.56 Å². The van der Waals surface area contributed by atoms with Gasteiger partial charge in [0, 0.05) is 6.07 Å². The van der Waals surface area contributed by atoms with Crippen molar-refractivity contribution < 1.29 is 27.8 Å². The van der Waals surface area contributed by atoms with Gasteiger partial charge in [-0.1, -0.05) is 6.07 Å². The van der Waals surface area contributed by atoms with Crippen LogP contribution in [-0.2, 0) is 21.4 Å². The number of nitrogens with one attached hydrogen (secondary N) is 1. The van der Waals surface area contributed by atoms with E-state index in [0.717, 1.165) is 0 Å². The van der Waals surface area contributed by atoms with E-state index in [-0.39, 0.29) is 4.90 Å². The maximum Gasteiger partial charge on any atom is 0.341 e. The normalized spacial score (nSPS) is 11.1. The van der Waals surface area contributed by atoms with Gasteiger partial charge in [-0.25, -0.2) is 22.9 Å². The van der Waals surface area contributed by atoms with Crippen LogP contribution in [0.3, 0.4) is 0 Å².